The number of likely N-dealkylation sites (tertiary alicyclic amines) is 1. The second-order valence-electron chi connectivity index (χ2n) is 8.03. The minimum atomic E-state index is -3.10. The van der Waals surface area contributed by atoms with Gasteiger partial charge in [0.2, 0.25) is 10.0 Å². The molecule has 27 heavy (non-hydrogen) atoms. The molecule has 3 heterocycles. The fraction of sp³-hybridized carbons (Fsp3) is 0.650. The molecule has 3 aliphatic rings. The Balaban J connectivity index is 1.45. The molecule has 2 aliphatic heterocycles. The molecule has 0 radical (unpaired) electrons. The van der Waals surface area contributed by atoms with Crippen molar-refractivity contribution in [2.45, 2.75) is 50.9 Å². The number of allylic oxidation sites excluding steroid dienone is 2. The highest BCUT2D eigenvalue weighted by molar-refractivity contribution is 7.88. The van der Waals surface area contributed by atoms with Crippen molar-refractivity contribution in [2.24, 2.45) is 5.92 Å². The van der Waals surface area contributed by atoms with Crippen molar-refractivity contribution in [1.82, 2.24) is 9.21 Å². The second-order valence-corrected chi connectivity index (χ2v) is 11.0. The monoisotopic (exact) mass is 408 g/mol. The van der Waals surface area contributed by atoms with Crippen LogP contribution in [0.5, 0.6) is 0 Å². The van der Waals surface area contributed by atoms with E-state index in [0.717, 1.165) is 37.8 Å². The van der Waals surface area contributed by atoms with E-state index in [-0.39, 0.29) is 5.91 Å². The molecule has 0 saturated carbocycles. The fourth-order valence-corrected chi connectivity index (χ4v) is 6.63. The molecular formula is C20H28N2O3S2. The van der Waals surface area contributed by atoms with E-state index in [1.807, 2.05) is 10.3 Å². The molecule has 148 valence electrons. The van der Waals surface area contributed by atoms with Gasteiger partial charge in [0.1, 0.15) is 0 Å². The van der Waals surface area contributed by atoms with E-state index in [1.54, 1.807) is 15.6 Å². The van der Waals surface area contributed by atoms with E-state index in [0.29, 0.717) is 24.9 Å². The average Bonchev–Trinajstić information content (AvgIpc) is 3.16. The number of nitrogens with zero attached hydrogens (tertiary/aromatic N) is 2. The lowest BCUT2D eigenvalue weighted by Crippen LogP contribution is -2.38. The number of piperidine rings is 2. The van der Waals surface area contributed by atoms with Gasteiger partial charge in [-0.15, -0.1) is 11.3 Å². The van der Waals surface area contributed by atoms with Crippen molar-refractivity contribution < 1.29 is 13.2 Å². The highest BCUT2D eigenvalue weighted by Crippen LogP contribution is 2.37. The summed E-state index contributed by atoms with van der Waals surface area (Å²) in [6, 6.07) is 2.06. The van der Waals surface area contributed by atoms with Crippen LogP contribution in [0.3, 0.4) is 0 Å². The summed E-state index contributed by atoms with van der Waals surface area (Å²) >= 11 is 1.65. The van der Waals surface area contributed by atoms with Crippen LogP contribution in [0.15, 0.2) is 23.2 Å². The SMILES string of the molecule is CS(=O)(=O)N1CCC(c2cc(C(=O)N3CCCC4CCCC=C43)cs2)CC1. The second kappa shape index (κ2) is 7.68. The van der Waals surface area contributed by atoms with Crippen molar-refractivity contribution >= 4 is 27.3 Å². The maximum absolute atomic E-state index is 13.1. The zero-order valence-corrected chi connectivity index (χ0v) is 17.5. The van der Waals surface area contributed by atoms with Crippen molar-refractivity contribution in [1.29, 1.82) is 0 Å². The quantitative estimate of drug-likeness (QED) is 0.764. The normalized spacial score (nSPS) is 25.1. The maximum Gasteiger partial charge on any atom is 0.258 e. The van der Waals surface area contributed by atoms with E-state index in [4.69, 9.17) is 0 Å². The Kier molecular flexibility index (Phi) is 5.45. The molecule has 0 spiro atoms. The molecular weight excluding hydrogens is 380 g/mol. The number of carbonyl (C=O) groups is 1. The topological polar surface area (TPSA) is 57.7 Å². The van der Waals surface area contributed by atoms with Crippen LogP contribution in [0.25, 0.3) is 0 Å². The molecule has 2 fully saturated rings. The Labute approximate surface area is 166 Å². The number of thiophene rings is 1. The van der Waals surface area contributed by atoms with Crippen molar-refractivity contribution in [3.63, 3.8) is 0 Å². The van der Waals surface area contributed by atoms with Gasteiger partial charge in [0.05, 0.1) is 11.8 Å². The summed E-state index contributed by atoms with van der Waals surface area (Å²) in [5.74, 6) is 1.07. The van der Waals surface area contributed by atoms with Crippen LogP contribution in [0.2, 0.25) is 0 Å². The van der Waals surface area contributed by atoms with E-state index in [9.17, 15) is 13.2 Å². The number of rotatable bonds is 3. The van der Waals surface area contributed by atoms with E-state index in [1.165, 1.54) is 36.1 Å². The summed E-state index contributed by atoms with van der Waals surface area (Å²) in [6.07, 6.45) is 11.1. The zero-order valence-electron chi connectivity index (χ0n) is 15.9. The third-order valence-corrected chi connectivity index (χ3v) is 8.61. The average molecular weight is 409 g/mol. The highest BCUT2D eigenvalue weighted by Gasteiger charge is 2.32. The van der Waals surface area contributed by atoms with Crippen LogP contribution >= 0.6 is 11.3 Å². The number of amides is 1. The minimum absolute atomic E-state index is 0.143. The summed E-state index contributed by atoms with van der Waals surface area (Å²) in [5, 5.41) is 1.99. The molecule has 1 unspecified atom stereocenters. The molecule has 1 amide bonds. The van der Waals surface area contributed by atoms with Crippen LogP contribution < -0.4 is 0 Å². The number of fused-ring (bicyclic) bond motifs is 1. The van der Waals surface area contributed by atoms with Crippen molar-refractivity contribution in [2.75, 3.05) is 25.9 Å². The molecule has 1 aliphatic carbocycles. The number of sulfonamides is 1. The largest absolute Gasteiger partial charge is 0.312 e. The maximum atomic E-state index is 13.1. The molecule has 5 nitrogen and oxygen atoms in total. The Morgan fingerprint density at radius 2 is 1.81 bits per heavy atom. The molecule has 1 aromatic heterocycles. The molecule has 1 aromatic rings. The first-order valence-corrected chi connectivity index (χ1v) is 12.7. The van der Waals surface area contributed by atoms with Gasteiger partial charge in [-0.3, -0.25) is 4.79 Å². The predicted octanol–water partition coefficient (Wildman–Crippen LogP) is 3.81. The van der Waals surface area contributed by atoms with Gasteiger partial charge >= 0.3 is 0 Å². The molecule has 1 atom stereocenters. The molecule has 0 bridgehead atoms. The van der Waals surface area contributed by atoms with Gasteiger partial charge in [0.15, 0.2) is 0 Å². The first kappa shape index (κ1) is 19.2. The van der Waals surface area contributed by atoms with Crippen LogP contribution in [0, 0.1) is 5.92 Å². The summed E-state index contributed by atoms with van der Waals surface area (Å²) in [7, 11) is -3.10. The van der Waals surface area contributed by atoms with Crippen molar-refractivity contribution in [3.05, 3.63) is 33.7 Å². The van der Waals surface area contributed by atoms with Gasteiger partial charge < -0.3 is 4.90 Å². The van der Waals surface area contributed by atoms with E-state index < -0.39 is 10.0 Å². The van der Waals surface area contributed by atoms with E-state index in [2.05, 4.69) is 12.1 Å². The minimum Gasteiger partial charge on any atom is -0.312 e. The number of hydrogen-bond donors (Lipinski definition) is 0. The molecule has 7 heteroatoms. The first-order chi connectivity index (χ1) is 12.9. The van der Waals surface area contributed by atoms with Crippen LogP contribution in [0.4, 0.5) is 0 Å². The van der Waals surface area contributed by atoms with Gasteiger partial charge in [0.25, 0.3) is 5.91 Å². The fourth-order valence-electron chi connectivity index (χ4n) is 4.70. The number of hydrogen-bond acceptors (Lipinski definition) is 4. The third kappa shape index (κ3) is 4.00. The molecule has 0 aromatic carbocycles. The van der Waals surface area contributed by atoms with Gasteiger partial charge in [-0.1, -0.05) is 6.08 Å². The van der Waals surface area contributed by atoms with Crippen LogP contribution in [-0.2, 0) is 10.0 Å². The predicted molar refractivity (Wildman–Crippen MR) is 108 cm³/mol. The Bertz CT molecular complexity index is 835. The van der Waals surface area contributed by atoms with Gasteiger partial charge in [-0.25, -0.2) is 12.7 Å². The zero-order chi connectivity index (χ0) is 19.0. The summed E-state index contributed by atoms with van der Waals surface area (Å²) in [4.78, 5) is 16.4. The highest BCUT2D eigenvalue weighted by atomic mass is 32.2. The Morgan fingerprint density at radius 1 is 1.07 bits per heavy atom. The van der Waals surface area contributed by atoms with Gasteiger partial charge in [-0.05, 0) is 62.8 Å². The van der Waals surface area contributed by atoms with E-state index >= 15 is 0 Å². The molecule has 2 saturated heterocycles. The smallest absolute Gasteiger partial charge is 0.258 e. The lowest BCUT2D eigenvalue weighted by atomic mass is 9.84. The summed E-state index contributed by atoms with van der Waals surface area (Å²) in [5.41, 5.74) is 2.05. The van der Waals surface area contributed by atoms with Gasteiger partial charge in [-0.2, -0.15) is 0 Å². The van der Waals surface area contributed by atoms with Crippen molar-refractivity contribution in [3.8, 4) is 0 Å². The lowest BCUT2D eigenvalue weighted by Gasteiger charge is -2.37. The molecule has 4 rings (SSSR count). The molecule has 0 N–H and O–H groups in total. The van der Waals surface area contributed by atoms with Crippen LogP contribution in [-0.4, -0.2) is 49.4 Å². The van der Waals surface area contributed by atoms with Gasteiger partial charge in [0, 0.05) is 35.6 Å². The summed E-state index contributed by atoms with van der Waals surface area (Å²) in [6.45, 7) is 1.98. The van der Waals surface area contributed by atoms with Crippen LogP contribution in [0.1, 0.15) is 66.1 Å². The third-order valence-electron chi connectivity index (χ3n) is 6.21. The standard InChI is InChI=1S/C20H28N2O3S2/c1-27(24,25)21-11-8-16(9-12-21)19-13-17(14-26-19)20(23)22-10-4-6-15-5-2-3-7-18(15)22/h7,13-16H,2-6,8-12H2,1H3. The Hall–Kier alpha value is -1.18. The summed E-state index contributed by atoms with van der Waals surface area (Å²) < 4.78 is 24.9. The lowest BCUT2D eigenvalue weighted by molar-refractivity contribution is 0.0749. The first-order valence-electron chi connectivity index (χ1n) is 9.99. The Morgan fingerprint density at radius 3 is 2.56 bits per heavy atom. The number of carbonyl (C=O) groups excluding carboxylic acids is 1.